The number of halogens is 2. The van der Waals surface area contributed by atoms with Crippen molar-refractivity contribution in [2.75, 3.05) is 6.61 Å². The van der Waals surface area contributed by atoms with E-state index in [9.17, 15) is 4.39 Å². The summed E-state index contributed by atoms with van der Waals surface area (Å²) in [4.78, 5) is 0. The Balaban J connectivity index is 0.00000200. The molecule has 0 bridgehead atoms. The van der Waals surface area contributed by atoms with Crippen LogP contribution in [-0.4, -0.2) is 17.8 Å². The molecule has 5 heteroatoms. The maximum atomic E-state index is 13.8. The van der Waals surface area contributed by atoms with E-state index in [-0.39, 0.29) is 31.3 Å². The molecule has 20 heavy (non-hydrogen) atoms. The van der Waals surface area contributed by atoms with Crippen molar-refractivity contribution in [3.05, 3.63) is 59.9 Å². The highest BCUT2D eigenvalue weighted by molar-refractivity contribution is 5.85. The fourth-order valence-corrected chi connectivity index (χ4v) is 1.77. The largest absolute Gasteiger partial charge is 0.457 e. The van der Waals surface area contributed by atoms with Gasteiger partial charge in [-0.1, -0.05) is 24.3 Å². The third-order valence-electron chi connectivity index (χ3n) is 2.75. The molecule has 1 unspecified atom stereocenters. The third-order valence-corrected chi connectivity index (χ3v) is 2.75. The Labute approximate surface area is 123 Å². The van der Waals surface area contributed by atoms with Crippen LogP contribution in [0, 0.1) is 5.82 Å². The highest BCUT2D eigenvalue weighted by Gasteiger charge is 2.13. The summed E-state index contributed by atoms with van der Waals surface area (Å²) in [6.45, 7) is -0.195. The summed E-state index contributed by atoms with van der Waals surface area (Å²) in [7, 11) is 0. The van der Waals surface area contributed by atoms with Gasteiger partial charge in [0.1, 0.15) is 17.3 Å². The molecule has 2 aromatic carbocycles. The van der Waals surface area contributed by atoms with E-state index in [1.165, 1.54) is 6.07 Å². The SMILES string of the molecule is Cl.NC(CO)Cc1c(F)cccc1Oc1ccccc1. The molecule has 0 heterocycles. The molecule has 0 aliphatic rings. The molecule has 3 N–H and O–H groups in total. The number of benzene rings is 2. The van der Waals surface area contributed by atoms with E-state index in [1.54, 1.807) is 24.3 Å². The van der Waals surface area contributed by atoms with Gasteiger partial charge < -0.3 is 15.6 Å². The Bertz CT molecular complexity index is 537. The van der Waals surface area contributed by atoms with Gasteiger partial charge in [-0.05, 0) is 30.7 Å². The first-order valence-electron chi connectivity index (χ1n) is 6.07. The third kappa shape index (κ3) is 4.20. The highest BCUT2D eigenvalue weighted by Crippen LogP contribution is 2.27. The second kappa shape index (κ2) is 7.85. The molecule has 2 aromatic rings. The van der Waals surface area contributed by atoms with Gasteiger partial charge in [0.15, 0.2) is 0 Å². The van der Waals surface area contributed by atoms with Gasteiger partial charge in [0, 0.05) is 11.6 Å². The molecule has 0 aromatic heterocycles. The van der Waals surface area contributed by atoms with Crippen LogP contribution < -0.4 is 10.5 Å². The summed E-state index contributed by atoms with van der Waals surface area (Å²) in [5.74, 6) is 0.680. The van der Waals surface area contributed by atoms with Gasteiger partial charge in [0.25, 0.3) is 0 Å². The van der Waals surface area contributed by atoms with Crippen LogP contribution in [0.1, 0.15) is 5.56 Å². The van der Waals surface area contributed by atoms with E-state index in [4.69, 9.17) is 15.6 Å². The van der Waals surface area contributed by atoms with E-state index in [0.717, 1.165) is 0 Å². The molecule has 0 aliphatic carbocycles. The molecular weight excluding hydrogens is 281 g/mol. The molecule has 3 nitrogen and oxygen atoms in total. The number of hydrogen-bond donors (Lipinski definition) is 2. The molecule has 0 radical (unpaired) electrons. The predicted octanol–water partition coefficient (Wildman–Crippen LogP) is 2.90. The summed E-state index contributed by atoms with van der Waals surface area (Å²) in [6, 6.07) is 13.3. The molecule has 0 saturated carbocycles. The minimum absolute atomic E-state index is 0. The van der Waals surface area contributed by atoms with Crippen LogP contribution in [-0.2, 0) is 6.42 Å². The Kier molecular flexibility index (Phi) is 6.45. The van der Waals surface area contributed by atoms with E-state index in [1.807, 2.05) is 18.2 Å². The highest BCUT2D eigenvalue weighted by atomic mass is 35.5. The van der Waals surface area contributed by atoms with Gasteiger partial charge in [-0.3, -0.25) is 0 Å². The van der Waals surface area contributed by atoms with Crippen LogP contribution in [0.25, 0.3) is 0 Å². The second-order valence-corrected chi connectivity index (χ2v) is 4.28. The number of rotatable bonds is 5. The average molecular weight is 298 g/mol. The fourth-order valence-electron chi connectivity index (χ4n) is 1.77. The minimum Gasteiger partial charge on any atom is -0.457 e. The molecule has 0 aliphatic heterocycles. The smallest absolute Gasteiger partial charge is 0.133 e. The standard InChI is InChI=1S/C15H16FNO2.ClH/c16-14-7-4-8-15(13(14)9-11(17)10-18)19-12-5-2-1-3-6-12;/h1-8,11,18H,9-10,17H2;1H. The Morgan fingerprint density at radius 1 is 1.10 bits per heavy atom. The van der Waals surface area contributed by atoms with E-state index >= 15 is 0 Å². The first-order valence-corrected chi connectivity index (χ1v) is 6.07. The monoisotopic (exact) mass is 297 g/mol. The Morgan fingerprint density at radius 3 is 2.45 bits per heavy atom. The molecule has 0 saturated heterocycles. The van der Waals surface area contributed by atoms with E-state index in [2.05, 4.69) is 0 Å². The van der Waals surface area contributed by atoms with Crippen molar-refractivity contribution in [3.63, 3.8) is 0 Å². The number of nitrogens with two attached hydrogens (primary N) is 1. The molecule has 1 atom stereocenters. The quantitative estimate of drug-likeness (QED) is 0.892. The lowest BCUT2D eigenvalue weighted by atomic mass is 10.1. The molecular formula is C15H17ClFNO2. The molecule has 0 amide bonds. The van der Waals surface area contributed by atoms with Crippen molar-refractivity contribution in [2.24, 2.45) is 5.73 Å². The topological polar surface area (TPSA) is 55.5 Å². The van der Waals surface area contributed by atoms with Gasteiger partial charge in [-0.25, -0.2) is 4.39 Å². The number of hydrogen-bond acceptors (Lipinski definition) is 3. The summed E-state index contributed by atoms with van der Waals surface area (Å²) < 4.78 is 19.5. The Morgan fingerprint density at radius 2 is 1.80 bits per heavy atom. The van der Waals surface area contributed by atoms with Crippen molar-refractivity contribution >= 4 is 12.4 Å². The van der Waals surface area contributed by atoms with Crippen LogP contribution in [0.2, 0.25) is 0 Å². The lowest BCUT2D eigenvalue weighted by Crippen LogP contribution is -2.27. The average Bonchev–Trinajstić information content (AvgIpc) is 2.43. The maximum absolute atomic E-state index is 13.8. The van der Waals surface area contributed by atoms with Crippen molar-refractivity contribution in [2.45, 2.75) is 12.5 Å². The summed E-state index contributed by atoms with van der Waals surface area (Å²) >= 11 is 0. The van der Waals surface area contributed by atoms with Crippen molar-refractivity contribution in [1.82, 2.24) is 0 Å². The molecule has 0 fully saturated rings. The zero-order valence-corrected chi connectivity index (χ0v) is 11.6. The van der Waals surface area contributed by atoms with Gasteiger partial charge in [-0.2, -0.15) is 0 Å². The predicted molar refractivity (Wildman–Crippen MR) is 78.9 cm³/mol. The van der Waals surface area contributed by atoms with Gasteiger partial charge in [0.05, 0.1) is 6.61 Å². The summed E-state index contributed by atoms with van der Waals surface area (Å²) in [5.41, 5.74) is 6.05. The molecule has 0 spiro atoms. The first kappa shape index (κ1) is 16.4. The maximum Gasteiger partial charge on any atom is 0.133 e. The fraction of sp³-hybridized carbons (Fsp3) is 0.200. The zero-order valence-electron chi connectivity index (χ0n) is 10.8. The molecule has 2 rings (SSSR count). The van der Waals surface area contributed by atoms with Crippen molar-refractivity contribution in [3.8, 4) is 11.5 Å². The summed E-state index contributed by atoms with van der Waals surface area (Å²) in [5, 5.41) is 8.98. The zero-order chi connectivity index (χ0) is 13.7. The van der Waals surface area contributed by atoms with Crippen LogP contribution in [0.4, 0.5) is 4.39 Å². The number of aliphatic hydroxyl groups excluding tert-OH is 1. The van der Waals surface area contributed by atoms with Crippen LogP contribution >= 0.6 is 12.4 Å². The number of para-hydroxylation sites is 1. The Hall–Kier alpha value is -1.62. The van der Waals surface area contributed by atoms with Gasteiger partial charge in [-0.15, -0.1) is 12.4 Å². The van der Waals surface area contributed by atoms with Crippen molar-refractivity contribution in [1.29, 1.82) is 0 Å². The normalized spacial score (nSPS) is 11.6. The lowest BCUT2D eigenvalue weighted by molar-refractivity contribution is 0.264. The van der Waals surface area contributed by atoms with Gasteiger partial charge >= 0.3 is 0 Å². The van der Waals surface area contributed by atoms with Crippen LogP contribution in [0.15, 0.2) is 48.5 Å². The molecule has 108 valence electrons. The van der Waals surface area contributed by atoms with E-state index in [0.29, 0.717) is 17.1 Å². The number of aliphatic hydroxyl groups is 1. The van der Waals surface area contributed by atoms with Crippen LogP contribution in [0.3, 0.4) is 0 Å². The number of ether oxygens (including phenoxy) is 1. The minimum atomic E-state index is -0.505. The lowest BCUT2D eigenvalue weighted by Gasteiger charge is -2.14. The first-order chi connectivity index (χ1) is 9.20. The van der Waals surface area contributed by atoms with Crippen LogP contribution in [0.5, 0.6) is 11.5 Å². The van der Waals surface area contributed by atoms with E-state index < -0.39 is 6.04 Å². The van der Waals surface area contributed by atoms with Gasteiger partial charge in [0.2, 0.25) is 0 Å². The van der Waals surface area contributed by atoms with Crippen molar-refractivity contribution < 1.29 is 14.2 Å². The summed E-state index contributed by atoms with van der Waals surface area (Å²) in [6.07, 6.45) is 0.228. The second-order valence-electron chi connectivity index (χ2n) is 4.28.